The first-order valence-electron chi connectivity index (χ1n) is 7.94. The van der Waals surface area contributed by atoms with E-state index in [0.717, 1.165) is 36.6 Å². The number of fused-ring (bicyclic) bond motifs is 1. The lowest BCUT2D eigenvalue weighted by Crippen LogP contribution is -2.37. The Bertz CT molecular complexity index is 802. The summed E-state index contributed by atoms with van der Waals surface area (Å²) in [6.07, 6.45) is 9.37. The Morgan fingerprint density at radius 2 is 2.04 bits per heavy atom. The van der Waals surface area contributed by atoms with Gasteiger partial charge in [-0.25, -0.2) is 9.97 Å². The van der Waals surface area contributed by atoms with Crippen LogP contribution in [0.3, 0.4) is 0 Å². The van der Waals surface area contributed by atoms with E-state index in [1.165, 1.54) is 0 Å². The minimum absolute atomic E-state index is 0.131. The molecule has 1 saturated heterocycles. The van der Waals surface area contributed by atoms with Gasteiger partial charge in [0.15, 0.2) is 5.82 Å². The average Bonchev–Trinajstić information content (AvgIpc) is 3.22. The van der Waals surface area contributed by atoms with Gasteiger partial charge in [0.1, 0.15) is 11.3 Å². The number of aliphatic hydroxyl groups excluding tert-OH is 1. The van der Waals surface area contributed by atoms with E-state index in [9.17, 15) is 5.11 Å². The Kier molecular flexibility index (Phi) is 3.63. The fourth-order valence-electron chi connectivity index (χ4n) is 3.30. The van der Waals surface area contributed by atoms with Gasteiger partial charge in [-0.1, -0.05) is 6.07 Å². The van der Waals surface area contributed by atoms with Gasteiger partial charge in [-0.05, 0) is 25.0 Å². The molecule has 6 nitrogen and oxygen atoms in total. The molecule has 0 saturated carbocycles. The normalized spacial score (nSPS) is 17.6. The van der Waals surface area contributed by atoms with Crippen LogP contribution in [0.4, 0.5) is 0 Å². The number of imidazole rings is 2. The topological polar surface area (TPSA) is 64.6 Å². The van der Waals surface area contributed by atoms with Crippen molar-refractivity contribution in [2.75, 3.05) is 19.8 Å². The van der Waals surface area contributed by atoms with Crippen LogP contribution in [0.15, 0.2) is 43.0 Å². The number of rotatable bonds is 4. The van der Waals surface area contributed by atoms with Gasteiger partial charge < -0.3 is 14.4 Å². The highest BCUT2D eigenvalue weighted by Gasteiger charge is 2.33. The zero-order chi connectivity index (χ0) is 15.7. The predicted molar refractivity (Wildman–Crippen MR) is 86.0 cm³/mol. The summed E-state index contributed by atoms with van der Waals surface area (Å²) in [6, 6.07) is 5.94. The van der Waals surface area contributed by atoms with Crippen molar-refractivity contribution in [2.45, 2.75) is 19.4 Å². The van der Waals surface area contributed by atoms with Crippen LogP contribution in [-0.2, 0) is 11.3 Å². The maximum atomic E-state index is 9.93. The molecule has 0 unspecified atom stereocenters. The van der Waals surface area contributed by atoms with E-state index in [4.69, 9.17) is 4.74 Å². The van der Waals surface area contributed by atoms with Gasteiger partial charge in [-0.15, -0.1) is 0 Å². The second-order valence-electron chi connectivity index (χ2n) is 6.22. The highest BCUT2D eigenvalue weighted by Crippen LogP contribution is 2.33. The third kappa shape index (κ3) is 2.54. The lowest BCUT2D eigenvalue weighted by molar-refractivity contribution is -0.0250. The Labute approximate surface area is 134 Å². The van der Waals surface area contributed by atoms with E-state index >= 15 is 0 Å². The highest BCUT2D eigenvalue weighted by molar-refractivity contribution is 5.57. The fourth-order valence-corrected chi connectivity index (χ4v) is 3.30. The molecule has 6 heteroatoms. The second kappa shape index (κ2) is 5.79. The molecule has 23 heavy (non-hydrogen) atoms. The smallest absolute Gasteiger partial charge is 0.158 e. The first-order valence-corrected chi connectivity index (χ1v) is 7.94. The Morgan fingerprint density at radius 3 is 2.87 bits per heavy atom. The molecule has 1 fully saturated rings. The largest absolute Gasteiger partial charge is 0.396 e. The maximum Gasteiger partial charge on any atom is 0.158 e. The summed E-state index contributed by atoms with van der Waals surface area (Å²) in [4.78, 5) is 8.97. The molecule has 0 atom stereocenters. The van der Waals surface area contributed by atoms with Crippen molar-refractivity contribution < 1.29 is 9.84 Å². The molecular weight excluding hydrogens is 292 g/mol. The van der Waals surface area contributed by atoms with Crippen molar-refractivity contribution in [1.29, 1.82) is 0 Å². The van der Waals surface area contributed by atoms with Gasteiger partial charge in [-0.2, -0.15) is 0 Å². The molecule has 0 amide bonds. The molecule has 1 aliphatic rings. The van der Waals surface area contributed by atoms with Gasteiger partial charge in [0.05, 0.1) is 12.8 Å². The van der Waals surface area contributed by atoms with E-state index in [0.29, 0.717) is 13.2 Å². The van der Waals surface area contributed by atoms with E-state index in [2.05, 4.69) is 14.5 Å². The zero-order valence-corrected chi connectivity index (χ0v) is 12.9. The summed E-state index contributed by atoms with van der Waals surface area (Å²) in [5.74, 6) is 0.878. The van der Waals surface area contributed by atoms with Crippen LogP contribution in [-0.4, -0.2) is 43.9 Å². The minimum atomic E-state index is -0.131. The Morgan fingerprint density at radius 1 is 1.17 bits per heavy atom. The van der Waals surface area contributed by atoms with Crippen LogP contribution in [0, 0.1) is 5.41 Å². The van der Waals surface area contributed by atoms with Crippen molar-refractivity contribution in [3.05, 3.63) is 43.0 Å². The number of aromatic nitrogens is 4. The standard InChI is InChI=1S/C17H20N4O2/c22-13-17(4-9-23-10-5-17)12-20-8-6-18-16(20)14-11-19-15-3-1-2-7-21(14)15/h1-3,6-8,11,22H,4-5,9-10,12-13H2. The second-order valence-corrected chi connectivity index (χ2v) is 6.22. The van der Waals surface area contributed by atoms with Crippen molar-refractivity contribution in [2.24, 2.45) is 5.41 Å². The summed E-state index contributed by atoms with van der Waals surface area (Å²) in [7, 11) is 0. The molecule has 120 valence electrons. The van der Waals surface area contributed by atoms with Crippen LogP contribution in [0.1, 0.15) is 12.8 Å². The molecule has 3 aromatic heterocycles. The number of aliphatic hydroxyl groups is 1. The molecule has 3 aromatic rings. The maximum absolute atomic E-state index is 9.93. The predicted octanol–water partition coefficient (Wildman–Crippen LogP) is 1.99. The lowest BCUT2D eigenvalue weighted by atomic mass is 9.81. The third-order valence-electron chi connectivity index (χ3n) is 4.76. The molecular formula is C17H20N4O2. The molecule has 4 heterocycles. The highest BCUT2D eigenvalue weighted by atomic mass is 16.5. The lowest BCUT2D eigenvalue weighted by Gasteiger charge is -2.36. The van der Waals surface area contributed by atoms with E-state index in [1.807, 2.05) is 47.4 Å². The monoisotopic (exact) mass is 312 g/mol. The third-order valence-corrected chi connectivity index (χ3v) is 4.76. The van der Waals surface area contributed by atoms with E-state index in [-0.39, 0.29) is 12.0 Å². The van der Waals surface area contributed by atoms with Crippen molar-refractivity contribution in [1.82, 2.24) is 18.9 Å². The number of hydrogen-bond donors (Lipinski definition) is 1. The van der Waals surface area contributed by atoms with Crippen LogP contribution in [0.25, 0.3) is 17.2 Å². The van der Waals surface area contributed by atoms with Gasteiger partial charge >= 0.3 is 0 Å². The quantitative estimate of drug-likeness (QED) is 0.800. The summed E-state index contributed by atoms with van der Waals surface area (Å²) in [6.45, 7) is 2.32. The van der Waals surface area contributed by atoms with Crippen molar-refractivity contribution in [3.63, 3.8) is 0 Å². The number of pyridine rings is 1. The minimum Gasteiger partial charge on any atom is -0.396 e. The molecule has 0 aliphatic carbocycles. The van der Waals surface area contributed by atoms with Crippen LogP contribution in [0.5, 0.6) is 0 Å². The summed E-state index contributed by atoms with van der Waals surface area (Å²) < 4.78 is 9.61. The van der Waals surface area contributed by atoms with Crippen molar-refractivity contribution in [3.8, 4) is 11.5 Å². The number of nitrogens with zero attached hydrogens (tertiary/aromatic N) is 4. The summed E-state index contributed by atoms with van der Waals surface area (Å²) in [5, 5.41) is 9.93. The Balaban J connectivity index is 1.71. The molecule has 1 aliphatic heterocycles. The van der Waals surface area contributed by atoms with E-state index < -0.39 is 0 Å². The number of hydrogen-bond acceptors (Lipinski definition) is 4. The average molecular weight is 312 g/mol. The summed E-state index contributed by atoms with van der Waals surface area (Å²) in [5.41, 5.74) is 1.74. The van der Waals surface area contributed by atoms with Gasteiger partial charge in [-0.3, -0.25) is 4.40 Å². The number of ether oxygens (including phenoxy) is 1. The van der Waals surface area contributed by atoms with Gasteiger partial charge in [0.25, 0.3) is 0 Å². The Hall–Kier alpha value is -2.18. The first kappa shape index (κ1) is 14.4. The van der Waals surface area contributed by atoms with Gasteiger partial charge in [0.2, 0.25) is 0 Å². The SMILES string of the molecule is OCC1(Cn2ccnc2-c2cnc3ccccn23)CCOCC1. The molecule has 0 spiro atoms. The van der Waals surface area contributed by atoms with Gasteiger partial charge in [0, 0.05) is 43.8 Å². The van der Waals surface area contributed by atoms with E-state index in [1.54, 1.807) is 0 Å². The van der Waals surface area contributed by atoms with Crippen LogP contribution >= 0.6 is 0 Å². The molecule has 1 N–H and O–H groups in total. The van der Waals surface area contributed by atoms with Crippen LogP contribution < -0.4 is 0 Å². The molecule has 0 bridgehead atoms. The first-order chi connectivity index (χ1) is 11.3. The zero-order valence-electron chi connectivity index (χ0n) is 12.9. The molecule has 0 radical (unpaired) electrons. The molecule has 4 rings (SSSR count). The van der Waals surface area contributed by atoms with Crippen LogP contribution in [0.2, 0.25) is 0 Å². The summed E-state index contributed by atoms with van der Waals surface area (Å²) >= 11 is 0. The molecule has 0 aromatic carbocycles. The van der Waals surface area contributed by atoms with Crippen molar-refractivity contribution >= 4 is 5.65 Å². The fraction of sp³-hybridized carbons (Fsp3) is 0.412.